The van der Waals surface area contributed by atoms with E-state index in [1.165, 1.54) is 12.1 Å². The van der Waals surface area contributed by atoms with E-state index in [1.54, 1.807) is 12.1 Å². The fourth-order valence-electron chi connectivity index (χ4n) is 1.58. The molecule has 1 aliphatic carbocycles. The van der Waals surface area contributed by atoms with Gasteiger partial charge in [-0.2, -0.15) is 0 Å². The molecule has 1 aliphatic rings. The number of hydrogen-bond donors (Lipinski definition) is 3. The summed E-state index contributed by atoms with van der Waals surface area (Å²) in [6.07, 6.45) is 0.389. The maximum atomic E-state index is 11.5. The van der Waals surface area contributed by atoms with Gasteiger partial charge in [-0.1, -0.05) is 6.07 Å². The number of rotatable bonds is 3. The van der Waals surface area contributed by atoms with Crippen molar-refractivity contribution in [3.63, 3.8) is 0 Å². The Balaban J connectivity index is 1.96. The molecule has 2 atom stereocenters. The molecule has 1 saturated carbocycles. The molecular formula is C11H11NO4. The average Bonchev–Trinajstić information content (AvgIpc) is 2.96. The standard InChI is InChI=1S/C11H11NO4/c13-7-3-1-2-6(4-7)12-10(14)8-5-9(8)11(15)16/h1-4,8-9,13H,5H2,(H,12,14)(H,15,16)/t8-,9-/m0/s1. The summed E-state index contributed by atoms with van der Waals surface area (Å²) in [6.45, 7) is 0. The van der Waals surface area contributed by atoms with Crippen molar-refractivity contribution in [2.45, 2.75) is 6.42 Å². The van der Waals surface area contributed by atoms with Crippen molar-refractivity contribution < 1.29 is 19.8 Å². The van der Waals surface area contributed by atoms with Crippen LogP contribution >= 0.6 is 0 Å². The maximum Gasteiger partial charge on any atom is 0.307 e. The molecule has 5 nitrogen and oxygen atoms in total. The normalized spacial score (nSPS) is 22.5. The summed E-state index contributed by atoms with van der Waals surface area (Å²) in [6, 6.07) is 6.14. The summed E-state index contributed by atoms with van der Waals surface area (Å²) in [7, 11) is 0. The highest BCUT2D eigenvalue weighted by Gasteiger charge is 2.48. The number of aliphatic carboxylic acids is 1. The van der Waals surface area contributed by atoms with Crippen molar-refractivity contribution in [3.05, 3.63) is 24.3 Å². The van der Waals surface area contributed by atoms with Gasteiger partial charge in [-0.15, -0.1) is 0 Å². The van der Waals surface area contributed by atoms with Gasteiger partial charge in [-0.3, -0.25) is 9.59 Å². The van der Waals surface area contributed by atoms with Crippen LogP contribution in [0.5, 0.6) is 5.75 Å². The minimum atomic E-state index is -0.934. The molecule has 3 N–H and O–H groups in total. The number of carboxylic acids is 1. The van der Waals surface area contributed by atoms with E-state index in [0.717, 1.165) is 0 Å². The van der Waals surface area contributed by atoms with Gasteiger partial charge in [0.25, 0.3) is 0 Å². The minimum absolute atomic E-state index is 0.0587. The number of amides is 1. The van der Waals surface area contributed by atoms with Gasteiger partial charge >= 0.3 is 5.97 Å². The van der Waals surface area contributed by atoms with Gasteiger partial charge in [0.15, 0.2) is 0 Å². The second kappa shape index (κ2) is 3.84. The molecule has 1 fully saturated rings. The molecule has 0 aromatic heterocycles. The molecule has 2 rings (SSSR count). The molecule has 0 bridgehead atoms. The number of carboxylic acid groups (broad SMARTS) is 1. The third-order valence-electron chi connectivity index (χ3n) is 2.56. The number of carbonyl (C=O) groups excluding carboxylic acids is 1. The first-order valence-electron chi connectivity index (χ1n) is 4.90. The summed E-state index contributed by atoms with van der Waals surface area (Å²) in [5.74, 6) is -2.19. The van der Waals surface area contributed by atoms with Crippen LogP contribution in [0.25, 0.3) is 0 Å². The van der Waals surface area contributed by atoms with E-state index in [2.05, 4.69) is 5.32 Å². The highest BCUT2D eigenvalue weighted by Crippen LogP contribution is 2.39. The molecule has 0 saturated heterocycles. The second-order valence-corrected chi connectivity index (χ2v) is 3.83. The van der Waals surface area contributed by atoms with Gasteiger partial charge in [0.05, 0.1) is 11.8 Å². The van der Waals surface area contributed by atoms with Crippen LogP contribution in [0.3, 0.4) is 0 Å². The molecule has 0 radical (unpaired) electrons. The number of nitrogens with one attached hydrogen (secondary N) is 1. The molecular weight excluding hydrogens is 210 g/mol. The van der Waals surface area contributed by atoms with E-state index < -0.39 is 17.8 Å². The third-order valence-corrected chi connectivity index (χ3v) is 2.56. The van der Waals surface area contributed by atoms with Crippen molar-refractivity contribution in [2.24, 2.45) is 11.8 Å². The quantitative estimate of drug-likeness (QED) is 0.712. The van der Waals surface area contributed by atoms with Gasteiger partial charge in [-0.25, -0.2) is 0 Å². The summed E-state index contributed by atoms with van der Waals surface area (Å²) in [5.41, 5.74) is 0.473. The summed E-state index contributed by atoms with van der Waals surface area (Å²) < 4.78 is 0. The first-order valence-corrected chi connectivity index (χ1v) is 4.90. The average molecular weight is 221 g/mol. The fraction of sp³-hybridized carbons (Fsp3) is 0.273. The zero-order valence-electron chi connectivity index (χ0n) is 8.38. The van der Waals surface area contributed by atoms with Gasteiger partial charge in [-0.05, 0) is 18.6 Å². The number of anilines is 1. The van der Waals surface area contributed by atoms with E-state index in [9.17, 15) is 14.7 Å². The summed E-state index contributed by atoms with van der Waals surface area (Å²) in [4.78, 5) is 22.1. The molecule has 0 aliphatic heterocycles. The number of phenolic OH excluding ortho intramolecular Hbond substituents is 1. The number of benzene rings is 1. The summed E-state index contributed by atoms with van der Waals surface area (Å²) >= 11 is 0. The monoisotopic (exact) mass is 221 g/mol. The predicted octanol–water partition coefficient (Wildman–Crippen LogP) is 1.05. The van der Waals surface area contributed by atoms with Crippen LogP contribution in [0.2, 0.25) is 0 Å². The van der Waals surface area contributed by atoms with Crippen molar-refractivity contribution in [2.75, 3.05) is 5.32 Å². The topological polar surface area (TPSA) is 86.6 Å². The fourth-order valence-corrected chi connectivity index (χ4v) is 1.58. The highest BCUT2D eigenvalue weighted by atomic mass is 16.4. The first kappa shape index (κ1) is 10.5. The highest BCUT2D eigenvalue weighted by molar-refractivity contribution is 5.98. The van der Waals surface area contributed by atoms with Crippen LogP contribution in [0, 0.1) is 11.8 Å². The number of aromatic hydroxyl groups is 1. The Kier molecular flexibility index (Phi) is 2.52. The van der Waals surface area contributed by atoms with Crippen LogP contribution in [-0.2, 0) is 9.59 Å². The molecule has 5 heteroatoms. The molecule has 0 spiro atoms. The molecule has 1 amide bonds. The number of phenols is 1. The van der Waals surface area contributed by atoms with Crippen LogP contribution in [0.1, 0.15) is 6.42 Å². The number of carbonyl (C=O) groups is 2. The van der Waals surface area contributed by atoms with Crippen LogP contribution in [0.4, 0.5) is 5.69 Å². The maximum absolute atomic E-state index is 11.5. The smallest absolute Gasteiger partial charge is 0.307 e. The Morgan fingerprint density at radius 3 is 2.62 bits per heavy atom. The summed E-state index contributed by atoms with van der Waals surface area (Å²) in [5, 5.41) is 20.4. The van der Waals surface area contributed by atoms with Crippen molar-refractivity contribution in [1.29, 1.82) is 0 Å². The van der Waals surface area contributed by atoms with Crippen molar-refractivity contribution in [3.8, 4) is 5.75 Å². The van der Waals surface area contributed by atoms with E-state index in [1.807, 2.05) is 0 Å². The SMILES string of the molecule is O=C(O)[C@H]1C[C@@H]1C(=O)Nc1cccc(O)c1. The zero-order chi connectivity index (χ0) is 11.7. The third kappa shape index (κ3) is 2.13. The van der Waals surface area contributed by atoms with Gasteiger partial charge in [0.2, 0.25) is 5.91 Å². The minimum Gasteiger partial charge on any atom is -0.508 e. The van der Waals surface area contributed by atoms with Crippen LogP contribution in [-0.4, -0.2) is 22.1 Å². The molecule has 1 aromatic rings. The Bertz CT molecular complexity index is 443. The van der Waals surface area contributed by atoms with E-state index >= 15 is 0 Å². The van der Waals surface area contributed by atoms with Gasteiger partial charge in [0.1, 0.15) is 5.75 Å². The lowest BCUT2D eigenvalue weighted by Crippen LogP contribution is -2.16. The molecule has 0 heterocycles. The Morgan fingerprint density at radius 1 is 1.31 bits per heavy atom. The molecule has 84 valence electrons. The van der Waals surface area contributed by atoms with Crippen molar-refractivity contribution in [1.82, 2.24) is 0 Å². The van der Waals surface area contributed by atoms with Gasteiger partial charge < -0.3 is 15.5 Å². The lowest BCUT2D eigenvalue weighted by molar-refractivity contribution is -0.139. The van der Waals surface area contributed by atoms with E-state index in [0.29, 0.717) is 12.1 Å². The zero-order valence-corrected chi connectivity index (χ0v) is 8.38. The lowest BCUT2D eigenvalue weighted by Gasteiger charge is -2.04. The van der Waals surface area contributed by atoms with Crippen LogP contribution in [0.15, 0.2) is 24.3 Å². The molecule has 0 unspecified atom stereocenters. The van der Waals surface area contributed by atoms with Gasteiger partial charge in [0, 0.05) is 11.8 Å². The predicted molar refractivity (Wildman–Crippen MR) is 56.0 cm³/mol. The number of hydrogen-bond acceptors (Lipinski definition) is 3. The van der Waals surface area contributed by atoms with Crippen LogP contribution < -0.4 is 5.32 Å². The van der Waals surface area contributed by atoms with E-state index in [-0.39, 0.29) is 11.7 Å². The largest absolute Gasteiger partial charge is 0.508 e. The first-order chi connectivity index (χ1) is 7.58. The second-order valence-electron chi connectivity index (χ2n) is 3.83. The molecule has 16 heavy (non-hydrogen) atoms. The van der Waals surface area contributed by atoms with Crippen molar-refractivity contribution >= 4 is 17.6 Å². The lowest BCUT2D eigenvalue weighted by atomic mass is 10.2. The van der Waals surface area contributed by atoms with E-state index in [4.69, 9.17) is 5.11 Å². The Labute approximate surface area is 91.7 Å². The Hall–Kier alpha value is -2.04. The molecule has 1 aromatic carbocycles. The Morgan fingerprint density at radius 2 is 2.06 bits per heavy atom.